The van der Waals surface area contributed by atoms with Crippen LogP contribution in [0.5, 0.6) is 0 Å². The van der Waals surface area contributed by atoms with Gasteiger partial charge in [0.15, 0.2) is 0 Å². The van der Waals surface area contributed by atoms with Crippen molar-refractivity contribution in [2.24, 2.45) is 0 Å². The van der Waals surface area contributed by atoms with E-state index in [1.54, 1.807) is 4.57 Å². The second-order valence-corrected chi connectivity index (χ2v) is 10.9. The quantitative estimate of drug-likeness (QED) is 0.594. The van der Waals surface area contributed by atoms with Crippen LogP contribution in [0.2, 0.25) is 5.02 Å². The van der Waals surface area contributed by atoms with Crippen LogP contribution in [0.15, 0.2) is 27.9 Å². The van der Waals surface area contributed by atoms with Gasteiger partial charge in [0.25, 0.3) is 5.91 Å². The molecule has 1 fully saturated rings. The number of fused-ring (bicyclic) bond motifs is 1. The maximum absolute atomic E-state index is 13.1. The van der Waals surface area contributed by atoms with Gasteiger partial charge in [-0.05, 0) is 50.3 Å². The van der Waals surface area contributed by atoms with Crippen molar-refractivity contribution in [2.75, 3.05) is 19.6 Å². The average molecular weight is 496 g/mol. The fourth-order valence-corrected chi connectivity index (χ4v) is 6.41. The van der Waals surface area contributed by atoms with E-state index in [-0.39, 0.29) is 27.1 Å². The van der Waals surface area contributed by atoms with Gasteiger partial charge < -0.3 is 5.32 Å². The Morgan fingerprint density at radius 1 is 1.06 bits per heavy atom. The highest BCUT2D eigenvalue weighted by Gasteiger charge is 2.28. The third-order valence-corrected chi connectivity index (χ3v) is 8.62. The van der Waals surface area contributed by atoms with Crippen LogP contribution in [0.4, 0.5) is 0 Å². The second-order valence-electron chi connectivity index (χ2n) is 8.60. The number of aromatic nitrogens is 3. The molecule has 0 bridgehead atoms. The van der Waals surface area contributed by atoms with Gasteiger partial charge in [0.1, 0.15) is 10.7 Å². The topological polar surface area (TPSA) is 106 Å². The summed E-state index contributed by atoms with van der Waals surface area (Å²) in [5.41, 5.74) is 0.138. The molecule has 0 spiro atoms. The summed E-state index contributed by atoms with van der Waals surface area (Å²) in [5.74, 6) is 0.449. The zero-order valence-electron chi connectivity index (χ0n) is 18.6. The number of aryl methyl sites for hydroxylation is 2. The number of amides is 1. The third-order valence-electron chi connectivity index (χ3n) is 6.24. The molecular weight excluding hydrogens is 466 g/mol. The van der Waals surface area contributed by atoms with Crippen molar-refractivity contribution in [3.8, 4) is 0 Å². The van der Waals surface area contributed by atoms with E-state index in [4.69, 9.17) is 11.6 Å². The Morgan fingerprint density at radius 3 is 2.52 bits per heavy atom. The molecule has 4 rings (SSSR count). The number of carbonyl (C=O) groups excluding carboxylic acids is 1. The molecule has 0 saturated carbocycles. The minimum Gasteiger partial charge on any atom is -0.352 e. The van der Waals surface area contributed by atoms with Gasteiger partial charge in [-0.15, -0.1) is 0 Å². The molecule has 1 aromatic carbocycles. The van der Waals surface area contributed by atoms with Gasteiger partial charge in [0.2, 0.25) is 10.0 Å². The molecule has 180 valence electrons. The Balaban J connectivity index is 1.38. The number of sulfonamides is 1. The minimum absolute atomic E-state index is 0.0335. The number of rotatable bonds is 7. The molecule has 1 saturated heterocycles. The van der Waals surface area contributed by atoms with Crippen LogP contribution in [-0.4, -0.2) is 52.6 Å². The molecule has 1 aromatic heterocycles. The lowest BCUT2D eigenvalue weighted by Crippen LogP contribution is -2.32. The lowest BCUT2D eigenvalue weighted by Gasteiger charge is -2.21. The van der Waals surface area contributed by atoms with Crippen LogP contribution in [0.25, 0.3) is 0 Å². The van der Waals surface area contributed by atoms with Crippen molar-refractivity contribution in [2.45, 2.75) is 69.4 Å². The van der Waals surface area contributed by atoms with E-state index in [9.17, 15) is 18.0 Å². The number of halogens is 1. The molecule has 2 aromatic rings. The molecule has 0 unspecified atom stereocenters. The molecular formula is C22H30ClN5O4S. The Bertz CT molecular complexity index is 1170. The van der Waals surface area contributed by atoms with Crippen LogP contribution in [-0.2, 0) is 29.5 Å². The van der Waals surface area contributed by atoms with Crippen LogP contribution in [0, 0.1) is 0 Å². The molecule has 3 heterocycles. The fraction of sp³-hybridized carbons (Fsp3) is 0.591. The van der Waals surface area contributed by atoms with Crippen LogP contribution >= 0.6 is 11.6 Å². The van der Waals surface area contributed by atoms with E-state index in [0.29, 0.717) is 39.1 Å². The van der Waals surface area contributed by atoms with Crippen molar-refractivity contribution in [1.82, 2.24) is 24.0 Å². The Kier molecular flexibility index (Phi) is 7.55. The van der Waals surface area contributed by atoms with Crippen molar-refractivity contribution in [3.05, 3.63) is 45.1 Å². The normalized spacial score (nSPS) is 17.4. The van der Waals surface area contributed by atoms with Crippen molar-refractivity contribution < 1.29 is 13.2 Å². The SMILES string of the molecule is O=C(NCCCn1nc2n(c1=O)CCCC2)c1ccc(Cl)c(S(=O)(=O)N2CCCCCC2)c1. The molecule has 1 N–H and O–H groups in total. The van der Waals surface area contributed by atoms with E-state index in [0.717, 1.165) is 50.8 Å². The standard InChI is InChI=1S/C22H30ClN5O4S/c23-18-10-9-17(16-19(18)33(31,32)26-12-4-1-2-5-13-26)21(29)24-11-7-15-28-22(30)27-14-6-3-8-20(27)25-28/h9-10,16H,1-8,11-15H2,(H,24,29). The van der Waals surface area contributed by atoms with Gasteiger partial charge in [-0.3, -0.25) is 9.36 Å². The molecule has 2 aliphatic rings. The maximum Gasteiger partial charge on any atom is 0.345 e. The number of hydrogen-bond acceptors (Lipinski definition) is 5. The zero-order valence-corrected chi connectivity index (χ0v) is 20.2. The summed E-state index contributed by atoms with van der Waals surface area (Å²) in [6.45, 7) is 2.39. The molecule has 11 heteroatoms. The first-order valence-corrected chi connectivity index (χ1v) is 13.4. The largest absolute Gasteiger partial charge is 0.352 e. The fourth-order valence-electron chi connectivity index (χ4n) is 4.39. The first-order valence-electron chi connectivity index (χ1n) is 11.6. The lowest BCUT2D eigenvalue weighted by atomic mass is 10.2. The molecule has 2 aliphatic heterocycles. The smallest absolute Gasteiger partial charge is 0.345 e. The minimum atomic E-state index is -3.77. The number of nitrogens with one attached hydrogen (secondary N) is 1. The van der Waals surface area contributed by atoms with Gasteiger partial charge in [-0.1, -0.05) is 24.4 Å². The summed E-state index contributed by atoms with van der Waals surface area (Å²) < 4.78 is 30.9. The van der Waals surface area contributed by atoms with Gasteiger partial charge >= 0.3 is 5.69 Å². The second kappa shape index (κ2) is 10.4. The third kappa shape index (κ3) is 5.33. The predicted molar refractivity (Wildman–Crippen MR) is 125 cm³/mol. The summed E-state index contributed by atoms with van der Waals surface area (Å²) in [4.78, 5) is 25.0. The number of hydrogen-bond donors (Lipinski definition) is 1. The van der Waals surface area contributed by atoms with Crippen LogP contribution < -0.4 is 11.0 Å². The first-order chi connectivity index (χ1) is 15.9. The number of carbonyl (C=O) groups is 1. The van der Waals surface area contributed by atoms with E-state index in [1.807, 2.05) is 0 Å². The van der Waals surface area contributed by atoms with Crippen molar-refractivity contribution in [3.63, 3.8) is 0 Å². The predicted octanol–water partition coefficient (Wildman–Crippen LogP) is 2.42. The Hall–Kier alpha value is -2.17. The molecule has 9 nitrogen and oxygen atoms in total. The van der Waals surface area contributed by atoms with Gasteiger partial charge in [0.05, 0.1) is 5.02 Å². The highest BCUT2D eigenvalue weighted by molar-refractivity contribution is 7.89. The zero-order chi connectivity index (χ0) is 23.4. The van der Waals surface area contributed by atoms with Crippen molar-refractivity contribution >= 4 is 27.5 Å². The van der Waals surface area contributed by atoms with E-state index in [2.05, 4.69) is 10.4 Å². The summed E-state index contributed by atoms with van der Waals surface area (Å²) in [6.07, 6.45) is 7.05. The Labute approximate surface area is 198 Å². The summed E-state index contributed by atoms with van der Waals surface area (Å²) in [6, 6.07) is 4.33. The lowest BCUT2D eigenvalue weighted by molar-refractivity contribution is 0.0952. The maximum atomic E-state index is 13.1. The van der Waals surface area contributed by atoms with Gasteiger partial charge in [0, 0.05) is 44.7 Å². The number of benzene rings is 1. The van der Waals surface area contributed by atoms with Crippen molar-refractivity contribution in [1.29, 1.82) is 0 Å². The molecule has 33 heavy (non-hydrogen) atoms. The molecule has 0 aliphatic carbocycles. The average Bonchev–Trinajstić information content (AvgIpc) is 2.98. The van der Waals surface area contributed by atoms with Crippen LogP contribution in [0.1, 0.15) is 61.1 Å². The molecule has 0 radical (unpaired) electrons. The Morgan fingerprint density at radius 2 is 1.79 bits per heavy atom. The van der Waals surface area contributed by atoms with E-state index in [1.165, 1.54) is 27.2 Å². The summed E-state index contributed by atoms with van der Waals surface area (Å²) in [5, 5.41) is 7.30. The van der Waals surface area contributed by atoms with Gasteiger partial charge in [-0.2, -0.15) is 9.40 Å². The highest BCUT2D eigenvalue weighted by atomic mass is 35.5. The molecule has 1 amide bonds. The molecule has 0 atom stereocenters. The van der Waals surface area contributed by atoms with Gasteiger partial charge in [-0.25, -0.2) is 17.9 Å². The van der Waals surface area contributed by atoms with E-state index >= 15 is 0 Å². The highest BCUT2D eigenvalue weighted by Crippen LogP contribution is 2.27. The summed E-state index contributed by atoms with van der Waals surface area (Å²) in [7, 11) is -3.77. The summed E-state index contributed by atoms with van der Waals surface area (Å²) >= 11 is 6.22. The van der Waals surface area contributed by atoms with E-state index < -0.39 is 10.0 Å². The van der Waals surface area contributed by atoms with Crippen LogP contribution in [0.3, 0.4) is 0 Å². The number of nitrogens with zero attached hydrogens (tertiary/aromatic N) is 4. The monoisotopic (exact) mass is 495 g/mol. The first kappa shape index (κ1) is 24.0.